The van der Waals surface area contributed by atoms with Crippen molar-refractivity contribution in [2.24, 2.45) is 4.99 Å². The molecule has 32 heavy (non-hydrogen) atoms. The Bertz CT molecular complexity index is 1230. The van der Waals surface area contributed by atoms with Crippen LogP contribution in [0.1, 0.15) is 5.69 Å². The summed E-state index contributed by atoms with van der Waals surface area (Å²) >= 11 is 12.5. The fraction of sp³-hybridized carbons (Fsp3) is 0.190. The van der Waals surface area contributed by atoms with Gasteiger partial charge in [0.15, 0.2) is 6.19 Å². The SMILES string of the molecule is Cc1cnc(-c2cnc(NCCNC3=NCN(C#N)C=C3)nc2-c2ccc(Cl)cc2Cl)[nH]1. The second-order valence-electron chi connectivity index (χ2n) is 6.92. The highest BCUT2D eigenvalue weighted by Crippen LogP contribution is 2.35. The Morgan fingerprint density at radius 2 is 2.00 bits per heavy atom. The molecule has 0 amide bonds. The number of rotatable bonds is 6. The molecule has 0 aliphatic carbocycles. The first-order chi connectivity index (χ1) is 15.5. The lowest BCUT2D eigenvalue weighted by molar-refractivity contribution is 0.535. The largest absolute Gasteiger partial charge is 0.369 e. The summed E-state index contributed by atoms with van der Waals surface area (Å²) in [5, 5.41) is 16.3. The van der Waals surface area contributed by atoms with Crippen molar-refractivity contribution in [3.63, 3.8) is 0 Å². The lowest BCUT2D eigenvalue weighted by atomic mass is 10.1. The molecule has 3 N–H and O–H groups in total. The second kappa shape index (κ2) is 9.68. The number of nitrogens with zero attached hydrogens (tertiary/aromatic N) is 6. The van der Waals surface area contributed by atoms with Crippen LogP contribution in [0.4, 0.5) is 5.95 Å². The summed E-state index contributed by atoms with van der Waals surface area (Å²) in [5.41, 5.74) is 3.03. The summed E-state index contributed by atoms with van der Waals surface area (Å²) in [4.78, 5) is 22.5. The number of aryl methyl sites for hydroxylation is 1. The number of amidine groups is 1. The van der Waals surface area contributed by atoms with Crippen molar-refractivity contribution in [3.8, 4) is 28.8 Å². The predicted octanol–water partition coefficient (Wildman–Crippen LogP) is 3.82. The number of hydrogen-bond acceptors (Lipinski definition) is 8. The van der Waals surface area contributed by atoms with Crippen LogP contribution in [0.3, 0.4) is 0 Å². The van der Waals surface area contributed by atoms with Crippen LogP contribution in [0.2, 0.25) is 10.0 Å². The molecule has 9 nitrogen and oxygen atoms in total. The number of H-pyrrole nitrogens is 1. The number of aromatic nitrogens is 4. The van der Waals surface area contributed by atoms with Gasteiger partial charge in [-0.15, -0.1) is 0 Å². The molecule has 3 aromatic rings. The fourth-order valence-corrected chi connectivity index (χ4v) is 3.53. The van der Waals surface area contributed by atoms with Crippen LogP contribution in [-0.2, 0) is 0 Å². The maximum Gasteiger partial charge on any atom is 0.223 e. The average Bonchev–Trinajstić information content (AvgIpc) is 3.23. The highest BCUT2D eigenvalue weighted by Gasteiger charge is 2.16. The summed E-state index contributed by atoms with van der Waals surface area (Å²) in [6.45, 7) is 3.39. The van der Waals surface area contributed by atoms with Gasteiger partial charge in [-0.2, -0.15) is 5.26 Å². The van der Waals surface area contributed by atoms with Crippen molar-refractivity contribution in [1.29, 1.82) is 5.26 Å². The van der Waals surface area contributed by atoms with E-state index in [1.54, 1.807) is 36.8 Å². The Morgan fingerprint density at radius 3 is 2.69 bits per heavy atom. The van der Waals surface area contributed by atoms with Gasteiger partial charge in [-0.3, -0.25) is 4.90 Å². The molecule has 0 atom stereocenters. The molecule has 1 aliphatic rings. The zero-order valence-corrected chi connectivity index (χ0v) is 18.6. The van der Waals surface area contributed by atoms with Crippen LogP contribution in [0.15, 0.2) is 47.9 Å². The van der Waals surface area contributed by atoms with E-state index in [0.29, 0.717) is 47.3 Å². The van der Waals surface area contributed by atoms with Gasteiger partial charge in [0.05, 0.1) is 16.3 Å². The number of hydrogen-bond donors (Lipinski definition) is 3. The molecule has 4 rings (SSSR count). The summed E-state index contributed by atoms with van der Waals surface area (Å²) < 4.78 is 0. The van der Waals surface area contributed by atoms with Crippen molar-refractivity contribution in [2.75, 3.05) is 25.1 Å². The topological polar surface area (TPSA) is 118 Å². The molecule has 0 fully saturated rings. The molecule has 0 bridgehead atoms. The maximum atomic E-state index is 8.84. The highest BCUT2D eigenvalue weighted by molar-refractivity contribution is 6.36. The number of aromatic amines is 1. The summed E-state index contributed by atoms with van der Waals surface area (Å²) in [6.07, 6.45) is 8.92. The predicted molar refractivity (Wildman–Crippen MR) is 125 cm³/mol. The quantitative estimate of drug-likeness (QED) is 0.372. The molecule has 2 aromatic heterocycles. The number of anilines is 1. The van der Waals surface area contributed by atoms with E-state index in [0.717, 1.165) is 22.7 Å². The van der Waals surface area contributed by atoms with E-state index in [1.165, 1.54) is 4.90 Å². The molecule has 11 heteroatoms. The number of nitrogens with one attached hydrogen (secondary N) is 3. The number of benzene rings is 1. The molecule has 162 valence electrons. The first-order valence-electron chi connectivity index (χ1n) is 9.74. The zero-order valence-electron chi connectivity index (χ0n) is 17.1. The van der Waals surface area contributed by atoms with E-state index >= 15 is 0 Å². The minimum Gasteiger partial charge on any atom is -0.369 e. The number of halogens is 2. The summed E-state index contributed by atoms with van der Waals surface area (Å²) in [5.74, 6) is 1.83. The van der Waals surface area contributed by atoms with Gasteiger partial charge in [-0.25, -0.2) is 19.9 Å². The van der Waals surface area contributed by atoms with Gasteiger partial charge in [0, 0.05) is 48.0 Å². The van der Waals surface area contributed by atoms with Crippen molar-refractivity contribution in [2.45, 2.75) is 6.92 Å². The normalized spacial score (nSPS) is 12.9. The van der Waals surface area contributed by atoms with Crippen LogP contribution in [-0.4, -0.2) is 50.4 Å². The van der Waals surface area contributed by atoms with Crippen LogP contribution < -0.4 is 10.6 Å². The third-order valence-electron chi connectivity index (χ3n) is 4.58. The molecule has 0 saturated carbocycles. The summed E-state index contributed by atoms with van der Waals surface area (Å²) in [6, 6.07) is 5.28. The Labute approximate surface area is 194 Å². The average molecular weight is 468 g/mol. The van der Waals surface area contributed by atoms with Crippen molar-refractivity contribution < 1.29 is 0 Å². The maximum absolute atomic E-state index is 8.84. The monoisotopic (exact) mass is 467 g/mol. The molecule has 0 unspecified atom stereocenters. The third-order valence-corrected chi connectivity index (χ3v) is 5.13. The Hall–Kier alpha value is -3.61. The molecule has 1 aliphatic heterocycles. The minimum atomic E-state index is 0.310. The summed E-state index contributed by atoms with van der Waals surface area (Å²) in [7, 11) is 0. The first-order valence-corrected chi connectivity index (χ1v) is 10.5. The van der Waals surface area contributed by atoms with Crippen molar-refractivity contribution >= 4 is 35.0 Å². The van der Waals surface area contributed by atoms with Crippen molar-refractivity contribution in [3.05, 3.63) is 58.6 Å². The Kier molecular flexibility index (Phi) is 6.54. The van der Waals surface area contributed by atoms with Gasteiger partial charge in [0.2, 0.25) is 5.95 Å². The van der Waals surface area contributed by atoms with E-state index in [2.05, 4.69) is 30.6 Å². The molecule has 0 saturated heterocycles. The van der Waals surface area contributed by atoms with Crippen LogP contribution in [0.25, 0.3) is 22.6 Å². The van der Waals surface area contributed by atoms with Crippen molar-refractivity contribution in [1.82, 2.24) is 30.2 Å². The van der Waals surface area contributed by atoms with Gasteiger partial charge in [-0.1, -0.05) is 23.2 Å². The standard InChI is InChI=1S/C21H19Cl2N9/c1-13-9-27-20(30-13)16-10-28-21(31-19(16)15-3-2-14(22)8-17(15)23)26-6-5-25-18-4-7-32(11-24)12-29-18/h2-4,7-10H,5-6,12H2,1H3,(H,25,29)(H,27,30)(H,26,28,31). The molecule has 1 aromatic carbocycles. The lowest BCUT2D eigenvalue weighted by Crippen LogP contribution is -2.31. The number of aliphatic imine (C=N–C) groups is 1. The number of nitriles is 1. The second-order valence-corrected chi connectivity index (χ2v) is 7.76. The van der Waals surface area contributed by atoms with Gasteiger partial charge in [0.1, 0.15) is 18.3 Å². The molecule has 0 radical (unpaired) electrons. The van der Waals surface area contributed by atoms with Crippen LogP contribution >= 0.6 is 23.2 Å². The van der Waals surface area contributed by atoms with E-state index in [9.17, 15) is 0 Å². The Balaban J connectivity index is 1.51. The first kappa shape index (κ1) is 21.6. The zero-order chi connectivity index (χ0) is 22.5. The van der Waals surface area contributed by atoms with Gasteiger partial charge in [-0.05, 0) is 31.2 Å². The van der Waals surface area contributed by atoms with E-state index in [1.807, 2.05) is 19.2 Å². The van der Waals surface area contributed by atoms with E-state index in [-0.39, 0.29) is 0 Å². The van der Waals surface area contributed by atoms with Gasteiger partial charge >= 0.3 is 0 Å². The highest BCUT2D eigenvalue weighted by atomic mass is 35.5. The van der Waals surface area contributed by atoms with Gasteiger partial charge < -0.3 is 15.6 Å². The lowest BCUT2D eigenvalue weighted by Gasteiger charge is -2.15. The van der Waals surface area contributed by atoms with E-state index < -0.39 is 0 Å². The molecular weight excluding hydrogens is 449 g/mol. The van der Waals surface area contributed by atoms with Crippen LogP contribution in [0.5, 0.6) is 0 Å². The smallest absolute Gasteiger partial charge is 0.223 e. The fourth-order valence-electron chi connectivity index (χ4n) is 3.03. The third kappa shape index (κ3) is 4.99. The molecular formula is C21H19Cl2N9. The van der Waals surface area contributed by atoms with Crippen LogP contribution in [0, 0.1) is 18.4 Å². The van der Waals surface area contributed by atoms with Gasteiger partial charge in [0.25, 0.3) is 0 Å². The molecule has 3 heterocycles. The van der Waals surface area contributed by atoms with E-state index in [4.69, 9.17) is 33.4 Å². The number of imidazole rings is 1. The Morgan fingerprint density at radius 1 is 1.16 bits per heavy atom. The molecule has 0 spiro atoms. The minimum absolute atomic E-state index is 0.310.